The number of carbonyl (C=O) groups is 3. The van der Waals surface area contributed by atoms with E-state index in [0.717, 1.165) is 0 Å². The van der Waals surface area contributed by atoms with E-state index in [1.165, 1.54) is 49.5 Å². The zero-order valence-corrected chi connectivity index (χ0v) is 19.3. The lowest BCUT2D eigenvalue weighted by atomic mass is 10.1. The predicted octanol–water partition coefficient (Wildman–Crippen LogP) is 1.52. The molecule has 0 saturated carbocycles. The number of carbonyl (C=O) groups excluding carboxylic acids is 3. The molecule has 1 fully saturated rings. The van der Waals surface area contributed by atoms with Gasteiger partial charge in [0.15, 0.2) is 11.5 Å². The summed E-state index contributed by atoms with van der Waals surface area (Å²) in [5.41, 5.74) is 5.03. The second kappa shape index (κ2) is 12.0. The minimum absolute atomic E-state index is 0.000670. The number of rotatable bonds is 8. The number of amides is 3. The van der Waals surface area contributed by atoms with Crippen LogP contribution in [0, 0.1) is 0 Å². The molecule has 12 heteroatoms. The number of hydrogen-bond donors (Lipinski definition) is 2. The molecular weight excluding hydrogens is 466 g/mol. The standard InChI is InChI=1S/C23H26F2N4O6/c1-33-18-8-7-15(13-19(18)34-2)21(31)27-26-20(30)14-28-9-11-29(12-10-28)22(32)16-5-3-4-6-17(16)35-23(24)25/h3-8,13,23H,9-12,14H2,1-2H3,(H,26,30)(H,27,31). The normalized spacial score (nSPS) is 13.8. The van der Waals surface area contributed by atoms with Crippen molar-refractivity contribution >= 4 is 17.7 Å². The minimum Gasteiger partial charge on any atom is -0.493 e. The Hall–Kier alpha value is -3.93. The second-order valence-electron chi connectivity index (χ2n) is 7.52. The van der Waals surface area contributed by atoms with Crippen molar-refractivity contribution in [2.45, 2.75) is 6.61 Å². The van der Waals surface area contributed by atoms with Crippen LogP contribution in [0.2, 0.25) is 0 Å². The van der Waals surface area contributed by atoms with Gasteiger partial charge in [0, 0.05) is 31.7 Å². The number of nitrogens with zero attached hydrogens (tertiary/aromatic N) is 2. The van der Waals surface area contributed by atoms with E-state index in [0.29, 0.717) is 37.7 Å². The van der Waals surface area contributed by atoms with E-state index >= 15 is 0 Å². The quantitative estimate of drug-likeness (QED) is 0.538. The molecule has 35 heavy (non-hydrogen) atoms. The predicted molar refractivity (Wildman–Crippen MR) is 121 cm³/mol. The van der Waals surface area contributed by atoms with Gasteiger partial charge >= 0.3 is 6.61 Å². The van der Waals surface area contributed by atoms with Crippen molar-refractivity contribution in [3.63, 3.8) is 0 Å². The Morgan fingerprint density at radius 3 is 2.26 bits per heavy atom. The molecule has 0 aliphatic carbocycles. The fourth-order valence-electron chi connectivity index (χ4n) is 3.54. The Bertz CT molecular complexity index is 1060. The summed E-state index contributed by atoms with van der Waals surface area (Å²) in [7, 11) is 2.93. The molecular formula is C23H26F2N4O6. The minimum atomic E-state index is -3.04. The summed E-state index contributed by atoms with van der Waals surface area (Å²) in [4.78, 5) is 40.7. The van der Waals surface area contributed by atoms with Crippen molar-refractivity contribution in [2.24, 2.45) is 0 Å². The first-order valence-corrected chi connectivity index (χ1v) is 10.7. The molecule has 0 atom stereocenters. The van der Waals surface area contributed by atoms with Crippen molar-refractivity contribution < 1.29 is 37.4 Å². The number of nitrogens with one attached hydrogen (secondary N) is 2. The molecule has 1 aliphatic rings. The molecule has 0 unspecified atom stereocenters. The number of hydrogen-bond acceptors (Lipinski definition) is 7. The molecule has 2 aromatic carbocycles. The Labute approximate surface area is 200 Å². The highest BCUT2D eigenvalue weighted by Crippen LogP contribution is 2.27. The lowest BCUT2D eigenvalue weighted by Gasteiger charge is -2.34. The van der Waals surface area contributed by atoms with Gasteiger partial charge in [0.2, 0.25) is 0 Å². The molecule has 3 amide bonds. The van der Waals surface area contributed by atoms with Gasteiger partial charge < -0.3 is 19.1 Å². The van der Waals surface area contributed by atoms with Crippen LogP contribution in [0.4, 0.5) is 8.78 Å². The monoisotopic (exact) mass is 492 g/mol. The Balaban J connectivity index is 1.47. The average molecular weight is 492 g/mol. The van der Waals surface area contributed by atoms with E-state index in [1.54, 1.807) is 12.1 Å². The van der Waals surface area contributed by atoms with E-state index in [-0.39, 0.29) is 23.4 Å². The van der Waals surface area contributed by atoms with Crippen LogP contribution >= 0.6 is 0 Å². The smallest absolute Gasteiger partial charge is 0.387 e. The first kappa shape index (κ1) is 25.7. The van der Waals surface area contributed by atoms with Crippen molar-refractivity contribution in [3.05, 3.63) is 53.6 Å². The summed E-state index contributed by atoms with van der Waals surface area (Å²) >= 11 is 0. The van der Waals surface area contributed by atoms with Gasteiger partial charge in [0.1, 0.15) is 5.75 Å². The Morgan fingerprint density at radius 1 is 0.914 bits per heavy atom. The van der Waals surface area contributed by atoms with Crippen LogP contribution < -0.4 is 25.1 Å². The fraction of sp³-hybridized carbons (Fsp3) is 0.348. The Kier molecular flexibility index (Phi) is 8.79. The summed E-state index contributed by atoms with van der Waals surface area (Å²) in [5, 5.41) is 0. The van der Waals surface area contributed by atoms with Crippen LogP contribution in [-0.2, 0) is 4.79 Å². The van der Waals surface area contributed by atoms with Gasteiger partial charge in [-0.15, -0.1) is 0 Å². The largest absolute Gasteiger partial charge is 0.493 e. The highest BCUT2D eigenvalue weighted by atomic mass is 19.3. The van der Waals surface area contributed by atoms with Gasteiger partial charge in [-0.1, -0.05) is 12.1 Å². The van der Waals surface area contributed by atoms with E-state index in [4.69, 9.17) is 9.47 Å². The third-order valence-corrected chi connectivity index (χ3v) is 5.32. The van der Waals surface area contributed by atoms with E-state index in [1.807, 2.05) is 4.90 Å². The van der Waals surface area contributed by atoms with Gasteiger partial charge in [-0.25, -0.2) is 0 Å². The summed E-state index contributed by atoms with van der Waals surface area (Å²) in [6.45, 7) is -1.66. The van der Waals surface area contributed by atoms with Gasteiger partial charge in [-0.2, -0.15) is 8.78 Å². The van der Waals surface area contributed by atoms with Gasteiger partial charge in [0.05, 0.1) is 26.3 Å². The third kappa shape index (κ3) is 6.79. The lowest BCUT2D eigenvalue weighted by Crippen LogP contribution is -2.53. The topological polar surface area (TPSA) is 109 Å². The second-order valence-corrected chi connectivity index (χ2v) is 7.52. The SMILES string of the molecule is COc1ccc(C(=O)NNC(=O)CN2CCN(C(=O)c3ccccc3OC(F)F)CC2)cc1OC. The highest BCUT2D eigenvalue weighted by Gasteiger charge is 2.26. The molecule has 2 N–H and O–H groups in total. The van der Waals surface area contributed by atoms with Crippen LogP contribution in [0.3, 0.4) is 0 Å². The van der Waals surface area contributed by atoms with Crippen molar-refractivity contribution in [1.82, 2.24) is 20.7 Å². The summed E-state index contributed by atoms with van der Waals surface area (Å²) in [6, 6.07) is 10.4. The summed E-state index contributed by atoms with van der Waals surface area (Å²) < 4.78 is 40.0. The first-order valence-electron chi connectivity index (χ1n) is 10.7. The molecule has 188 valence electrons. The maximum absolute atomic E-state index is 12.8. The molecule has 0 aromatic heterocycles. The first-order chi connectivity index (χ1) is 16.8. The molecule has 0 radical (unpaired) electrons. The summed E-state index contributed by atoms with van der Waals surface area (Å²) in [6.07, 6.45) is 0. The van der Waals surface area contributed by atoms with Crippen LogP contribution in [0.25, 0.3) is 0 Å². The number of piperazine rings is 1. The number of hydrazine groups is 1. The van der Waals surface area contributed by atoms with E-state index in [2.05, 4.69) is 15.6 Å². The molecule has 0 spiro atoms. The van der Waals surface area contributed by atoms with E-state index in [9.17, 15) is 23.2 Å². The zero-order valence-electron chi connectivity index (χ0n) is 19.3. The third-order valence-electron chi connectivity index (χ3n) is 5.32. The zero-order chi connectivity index (χ0) is 25.4. The molecule has 0 bridgehead atoms. The van der Waals surface area contributed by atoms with E-state index < -0.39 is 24.3 Å². The molecule has 2 aromatic rings. The number of alkyl halides is 2. The maximum atomic E-state index is 12.8. The maximum Gasteiger partial charge on any atom is 0.387 e. The van der Waals surface area contributed by atoms with Crippen LogP contribution in [0.5, 0.6) is 17.2 Å². The highest BCUT2D eigenvalue weighted by molar-refractivity contribution is 5.97. The number of benzene rings is 2. The number of para-hydroxylation sites is 1. The molecule has 3 rings (SSSR count). The van der Waals surface area contributed by atoms with Gasteiger partial charge in [0.25, 0.3) is 17.7 Å². The lowest BCUT2D eigenvalue weighted by molar-refractivity contribution is -0.123. The average Bonchev–Trinajstić information content (AvgIpc) is 2.86. The fourth-order valence-corrected chi connectivity index (χ4v) is 3.54. The van der Waals surface area contributed by atoms with Gasteiger partial charge in [-0.3, -0.25) is 30.1 Å². The van der Waals surface area contributed by atoms with Gasteiger partial charge in [-0.05, 0) is 30.3 Å². The van der Waals surface area contributed by atoms with Crippen LogP contribution in [-0.4, -0.2) is 81.1 Å². The van der Waals surface area contributed by atoms with Crippen LogP contribution in [0.15, 0.2) is 42.5 Å². The van der Waals surface area contributed by atoms with Crippen molar-refractivity contribution in [1.29, 1.82) is 0 Å². The summed E-state index contributed by atoms with van der Waals surface area (Å²) in [5.74, 6) is -0.723. The Morgan fingerprint density at radius 2 is 1.60 bits per heavy atom. The number of methoxy groups -OCH3 is 2. The number of ether oxygens (including phenoxy) is 3. The number of halogens is 2. The van der Waals surface area contributed by atoms with Crippen LogP contribution in [0.1, 0.15) is 20.7 Å². The molecule has 1 aliphatic heterocycles. The molecule has 1 heterocycles. The molecule has 10 nitrogen and oxygen atoms in total. The molecule has 1 saturated heterocycles. The van der Waals surface area contributed by atoms with Crippen molar-refractivity contribution in [3.8, 4) is 17.2 Å². The van der Waals surface area contributed by atoms with Crippen molar-refractivity contribution in [2.75, 3.05) is 46.9 Å².